The molecule has 0 saturated carbocycles. The highest BCUT2D eigenvalue weighted by molar-refractivity contribution is 7.23. The van der Waals surface area contributed by atoms with Crippen LogP contribution in [0.1, 0.15) is 10.6 Å². The first-order valence-electron chi connectivity index (χ1n) is 7.19. The minimum Gasteiger partial charge on any atom is -0.493 e. The van der Waals surface area contributed by atoms with Gasteiger partial charge in [-0.05, 0) is 24.3 Å². The van der Waals surface area contributed by atoms with E-state index in [4.69, 9.17) is 32.4 Å². The Morgan fingerprint density at radius 1 is 1.24 bits per heavy atom. The Morgan fingerprint density at radius 3 is 2.80 bits per heavy atom. The maximum Gasteiger partial charge on any atom is 0.293 e. The Balaban J connectivity index is 1.68. The molecule has 0 aliphatic heterocycles. The monoisotopic (exact) mass is 392 g/mol. The molecule has 0 radical (unpaired) electrons. The summed E-state index contributed by atoms with van der Waals surface area (Å²) in [7, 11) is 1.55. The van der Waals surface area contributed by atoms with Crippen molar-refractivity contribution >= 4 is 66.8 Å². The van der Waals surface area contributed by atoms with Gasteiger partial charge in [0.1, 0.15) is 5.52 Å². The van der Waals surface area contributed by atoms with Crippen molar-refractivity contribution in [3.63, 3.8) is 0 Å². The van der Waals surface area contributed by atoms with Crippen LogP contribution in [0.3, 0.4) is 0 Å². The van der Waals surface area contributed by atoms with E-state index in [0.717, 1.165) is 10.1 Å². The fourth-order valence-corrected chi connectivity index (χ4v) is 3.88. The zero-order chi connectivity index (χ0) is 17.6. The normalized spacial score (nSPS) is 11.2. The maximum absolute atomic E-state index is 12.5. The van der Waals surface area contributed by atoms with Crippen molar-refractivity contribution in [3.8, 4) is 5.75 Å². The average molecular weight is 393 g/mol. The van der Waals surface area contributed by atoms with E-state index in [2.05, 4.69) is 10.3 Å². The van der Waals surface area contributed by atoms with E-state index in [-0.39, 0.29) is 5.76 Å². The smallest absolute Gasteiger partial charge is 0.293 e. The lowest BCUT2D eigenvalue weighted by molar-refractivity contribution is 0.0998. The molecule has 1 amide bonds. The number of halogens is 2. The highest BCUT2D eigenvalue weighted by Gasteiger charge is 2.17. The van der Waals surface area contributed by atoms with E-state index in [1.54, 1.807) is 31.4 Å². The lowest BCUT2D eigenvalue weighted by Crippen LogP contribution is -2.10. The quantitative estimate of drug-likeness (QED) is 0.491. The van der Waals surface area contributed by atoms with Crippen molar-refractivity contribution in [2.75, 3.05) is 12.4 Å². The second-order valence-corrected chi connectivity index (χ2v) is 6.98. The maximum atomic E-state index is 12.5. The highest BCUT2D eigenvalue weighted by Crippen LogP contribution is 2.36. The molecule has 0 fully saturated rings. The van der Waals surface area contributed by atoms with E-state index in [1.807, 2.05) is 12.1 Å². The second kappa shape index (κ2) is 6.22. The predicted molar refractivity (Wildman–Crippen MR) is 100 cm³/mol. The molecule has 5 nitrogen and oxygen atoms in total. The molecular weight excluding hydrogens is 383 g/mol. The number of benzene rings is 2. The fraction of sp³-hybridized carbons (Fsp3) is 0.0588. The van der Waals surface area contributed by atoms with Gasteiger partial charge in [-0.1, -0.05) is 46.7 Å². The number of hydrogen-bond donors (Lipinski definition) is 1. The Kier molecular flexibility index (Phi) is 4.03. The molecule has 0 bridgehead atoms. The molecule has 0 aliphatic carbocycles. The predicted octanol–water partition coefficient (Wildman–Crippen LogP) is 5.61. The number of amides is 1. The molecule has 2 heterocycles. The zero-order valence-electron chi connectivity index (χ0n) is 12.8. The van der Waals surface area contributed by atoms with E-state index >= 15 is 0 Å². The molecule has 1 N–H and O–H groups in total. The summed E-state index contributed by atoms with van der Waals surface area (Å²) in [4.78, 5) is 16.8. The van der Waals surface area contributed by atoms with Gasteiger partial charge < -0.3 is 9.15 Å². The minimum atomic E-state index is -0.412. The average Bonchev–Trinajstić information content (AvgIpc) is 3.22. The van der Waals surface area contributed by atoms with Crippen LogP contribution in [0, 0.1) is 0 Å². The number of rotatable bonds is 3. The minimum absolute atomic E-state index is 0.163. The first kappa shape index (κ1) is 16.2. The van der Waals surface area contributed by atoms with Crippen molar-refractivity contribution in [3.05, 3.63) is 52.2 Å². The standard InChI is InChI=1S/C17H10Cl2N2O3S/c1-23-11-4-2-3-8-7-12(24-14(8)11)16(22)21-17-20-13-9(18)5-6-10(19)15(13)25-17/h2-7H,1H3,(H,20,21,22). The Hall–Kier alpha value is -2.28. The molecule has 0 atom stereocenters. The lowest BCUT2D eigenvalue weighted by Gasteiger charge is -1.99. The van der Waals surface area contributed by atoms with Crippen LogP contribution in [0.5, 0.6) is 5.75 Å². The number of nitrogens with one attached hydrogen (secondary N) is 1. The van der Waals surface area contributed by atoms with Gasteiger partial charge in [-0.25, -0.2) is 4.98 Å². The Morgan fingerprint density at radius 2 is 2.04 bits per heavy atom. The summed E-state index contributed by atoms with van der Waals surface area (Å²) in [6.07, 6.45) is 0. The molecule has 126 valence electrons. The van der Waals surface area contributed by atoms with Crippen LogP contribution >= 0.6 is 34.5 Å². The van der Waals surface area contributed by atoms with Crippen LogP contribution < -0.4 is 10.1 Å². The molecule has 0 spiro atoms. The summed E-state index contributed by atoms with van der Waals surface area (Å²) in [5.41, 5.74) is 1.08. The summed E-state index contributed by atoms with van der Waals surface area (Å²) in [6, 6.07) is 10.5. The molecule has 25 heavy (non-hydrogen) atoms. The van der Waals surface area contributed by atoms with Crippen molar-refractivity contribution in [1.82, 2.24) is 4.98 Å². The number of methoxy groups -OCH3 is 1. The van der Waals surface area contributed by atoms with Gasteiger partial charge in [-0.3, -0.25) is 10.1 Å². The number of aromatic nitrogens is 1. The molecule has 0 unspecified atom stereocenters. The van der Waals surface area contributed by atoms with Crippen LogP contribution in [0.15, 0.2) is 40.8 Å². The number of fused-ring (bicyclic) bond motifs is 2. The van der Waals surface area contributed by atoms with E-state index in [0.29, 0.717) is 32.0 Å². The topological polar surface area (TPSA) is 64.4 Å². The summed E-state index contributed by atoms with van der Waals surface area (Å²) in [6.45, 7) is 0. The summed E-state index contributed by atoms with van der Waals surface area (Å²) < 4.78 is 11.6. The van der Waals surface area contributed by atoms with Gasteiger partial charge in [0.15, 0.2) is 22.2 Å². The molecule has 2 aromatic heterocycles. The number of ether oxygens (including phenoxy) is 1. The third-order valence-electron chi connectivity index (χ3n) is 3.62. The van der Waals surface area contributed by atoms with Crippen molar-refractivity contribution in [1.29, 1.82) is 0 Å². The molecule has 4 rings (SSSR count). The van der Waals surface area contributed by atoms with Gasteiger partial charge in [0.05, 0.1) is 21.9 Å². The SMILES string of the molecule is COc1cccc2cc(C(=O)Nc3nc4c(Cl)ccc(Cl)c4s3)oc12. The molecule has 0 saturated heterocycles. The second-order valence-electron chi connectivity index (χ2n) is 5.17. The molecule has 2 aromatic carbocycles. The first-order chi connectivity index (χ1) is 12.1. The van der Waals surface area contributed by atoms with E-state index in [1.165, 1.54) is 11.3 Å². The van der Waals surface area contributed by atoms with Gasteiger partial charge in [0.2, 0.25) is 0 Å². The van der Waals surface area contributed by atoms with Crippen LogP contribution in [-0.4, -0.2) is 18.0 Å². The Labute approximate surface area is 156 Å². The molecular formula is C17H10Cl2N2O3S. The largest absolute Gasteiger partial charge is 0.493 e. The van der Waals surface area contributed by atoms with Gasteiger partial charge >= 0.3 is 0 Å². The zero-order valence-corrected chi connectivity index (χ0v) is 15.1. The van der Waals surface area contributed by atoms with Crippen LogP contribution in [0.2, 0.25) is 10.0 Å². The number of nitrogens with zero attached hydrogens (tertiary/aromatic N) is 1. The van der Waals surface area contributed by atoms with E-state index in [9.17, 15) is 4.79 Å². The number of furan rings is 1. The molecule has 0 aliphatic rings. The van der Waals surface area contributed by atoms with Crippen LogP contribution in [0.4, 0.5) is 5.13 Å². The number of hydrogen-bond acceptors (Lipinski definition) is 5. The number of carbonyl (C=O) groups excluding carboxylic acids is 1. The number of carbonyl (C=O) groups is 1. The number of anilines is 1. The van der Waals surface area contributed by atoms with Gasteiger partial charge in [-0.2, -0.15) is 0 Å². The van der Waals surface area contributed by atoms with Gasteiger partial charge in [0, 0.05) is 5.39 Å². The van der Waals surface area contributed by atoms with Crippen LogP contribution in [-0.2, 0) is 0 Å². The summed E-state index contributed by atoms with van der Waals surface area (Å²) in [5.74, 6) is 0.315. The van der Waals surface area contributed by atoms with Crippen molar-refractivity contribution < 1.29 is 13.9 Å². The molecule has 4 aromatic rings. The van der Waals surface area contributed by atoms with Gasteiger partial charge in [0.25, 0.3) is 5.91 Å². The molecule has 8 heteroatoms. The van der Waals surface area contributed by atoms with Crippen molar-refractivity contribution in [2.45, 2.75) is 0 Å². The first-order valence-corrected chi connectivity index (χ1v) is 8.76. The highest BCUT2D eigenvalue weighted by atomic mass is 35.5. The Bertz CT molecular complexity index is 1080. The van der Waals surface area contributed by atoms with E-state index < -0.39 is 5.91 Å². The third-order valence-corrected chi connectivity index (χ3v) is 5.35. The summed E-state index contributed by atoms with van der Waals surface area (Å²) >= 11 is 13.5. The summed E-state index contributed by atoms with van der Waals surface area (Å²) in [5, 5.41) is 4.90. The lowest BCUT2D eigenvalue weighted by atomic mass is 10.2. The van der Waals surface area contributed by atoms with Crippen LogP contribution in [0.25, 0.3) is 21.2 Å². The fourth-order valence-electron chi connectivity index (χ4n) is 2.47. The van der Waals surface area contributed by atoms with Gasteiger partial charge in [-0.15, -0.1) is 0 Å². The number of para-hydroxylation sites is 1. The number of thiazole rings is 1. The third kappa shape index (κ3) is 2.82. The van der Waals surface area contributed by atoms with Crippen molar-refractivity contribution in [2.24, 2.45) is 0 Å².